The Morgan fingerprint density at radius 1 is 0.897 bits per heavy atom. The number of rotatable bonds is 5. The summed E-state index contributed by atoms with van der Waals surface area (Å²) in [4.78, 5) is 0. The van der Waals surface area contributed by atoms with Gasteiger partial charge in [-0.15, -0.1) is 0 Å². The standard InChI is InChI=1S/C26H32F2O/c1-3-4-17-5-6-19-14-20(8-7-18(19)13-17)21-9-11-23(24(27)15-21)22-10-12-26(29-2)25(28)16-22/h9-12,15-20H,3-8,13-14H2,1-2H3/t17?,18-,19-,20-/m1/s1. The fourth-order valence-corrected chi connectivity index (χ4v) is 5.81. The number of halogens is 2. The summed E-state index contributed by atoms with van der Waals surface area (Å²) < 4.78 is 33.9. The van der Waals surface area contributed by atoms with E-state index in [0.717, 1.165) is 29.7 Å². The van der Waals surface area contributed by atoms with Crippen molar-refractivity contribution in [3.8, 4) is 16.9 Å². The fraction of sp³-hybridized carbons (Fsp3) is 0.538. The van der Waals surface area contributed by atoms with E-state index in [0.29, 0.717) is 17.0 Å². The van der Waals surface area contributed by atoms with Crippen LogP contribution in [0, 0.1) is 29.4 Å². The minimum absolute atomic E-state index is 0.177. The van der Waals surface area contributed by atoms with Crippen LogP contribution in [0.3, 0.4) is 0 Å². The average molecular weight is 399 g/mol. The van der Waals surface area contributed by atoms with Gasteiger partial charge in [0.25, 0.3) is 0 Å². The molecule has 2 fully saturated rings. The number of fused-ring (bicyclic) bond motifs is 1. The molecule has 0 heterocycles. The largest absolute Gasteiger partial charge is 0.494 e. The van der Waals surface area contributed by atoms with Crippen LogP contribution in [0.25, 0.3) is 11.1 Å². The highest BCUT2D eigenvalue weighted by Gasteiger charge is 2.35. The van der Waals surface area contributed by atoms with Crippen LogP contribution in [-0.4, -0.2) is 7.11 Å². The molecule has 0 saturated heterocycles. The van der Waals surface area contributed by atoms with Gasteiger partial charge in [-0.05, 0) is 85.1 Å². The van der Waals surface area contributed by atoms with Crippen molar-refractivity contribution in [2.24, 2.45) is 17.8 Å². The molecule has 0 aromatic heterocycles. The molecule has 0 N–H and O–H groups in total. The lowest BCUT2D eigenvalue weighted by molar-refractivity contribution is 0.114. The van der Waals surface area contributed by atoms with Crippen LogP contribution in [0.4, 0.5) is 8.78 Å². The second kappa shape index (κ2) is 8.85. The number of benzene rings is 2. The zero-order valence-electron chi connectivity index (χ0n) is 17.6. The van der Waals surface area contributed by atoms with Gasteiger partial charge in [0.2, 0.25) is 0 Å². The maximum Gasteiger partial charge on any atom is 0.165 e. The van der Waals surface area contributed by atoms with E-state index in [9.17, 15) is 8.78 Å². The Hall–Kier alpha value is -1.90. The van der Waals surface area contributed by atoms with E-state index < -0.39 is 5.82 Å². The van der Waals surface area contributed by atoms with Crippen molar-refractivity contribution >= 4 is 0 Å². The summed E-state index contributed by atoms with van der Waals surface area (Å²) in [5.74, 6) is 2.51. The molecule has 0 spiro atoms. The normalized spacial score (nSPS) is 26.8. The molecule has 0 bridgehead atoms. The van der Waals surface area contributed by atoms with Gasteiger partial charge in [0.15, 0.2) is 11.6 Å². The molecule has 0 amide bonds. The number of ether oxygens (including phenoxy) is 1. The van der Waals surface area contributed by atoms with Crippen LogP contribution >= 0.6 is 0 Å². The van der Waals surface area contributed by atoms with Crippen molar-refractivity contribution in [2.45, 2.75) is 64.2 Å². The molecule has 29 heavy (non-hydrogen) atoms. The third-order valence-electron chi connectivity index (χ3n) is 7.35. The van der Waals surface area contributed by atoms with Crippen molar-refractivity contribution in [2.75, 3.05) is 7.11 Å². The Morgan fingerprint density at radius 2 is 1.69 bits per heavy atom. The van der Waals surface area contributed by atoms with Gasteiger partial charge < -0.3 is 4.74 Å². The van der Waals surface area contributed by atoms with Crippen LogP contribution in [0.15, 0.2) is 36.4 Å². The van der Waals surface area contributed by atoms with Gasteiger partial charge in [-0.3, -0.25) is 0 Å². The summed E-state index contributed by atoms with van der Waals surface area (Å²) in [5.41, 5.74) is 2.10. The second-order valence-corrected chi connectivity index (χ2v) is 9.09. The molecule has 156 valence electrons. The van der Waals surface area contributed by atoms with E-state index >= 15 is 0 Å². The quantitative estimate of drug-likeness (QED) is 0.500. The Labute approximate surface area is 173 Å². The van der Waals surface area contributed by atoms with Gasteiger partial charge in [0.1, 0.15) is 5.82 Å². The van der Waals surface area contributed by atoms with E-state index in [1.54, 1.807) is 18.2 Å². The van der Waals surface area contributed by atoms with Gasteiger partial charge in [-0.25, -0.2) is 8.78 Å². The topological polar surface area (TPSA) is 9.23 Å². The predicted molar refractivity (Wildman–Crippen MR) is 114 cm³/mol. The average Bonchev–Trinajstić information content (AvgIpc) is 2.73. The fourth-order valence-electron chi connectivity index (χ4n) is 5.81. The lowest BCUT2D eigenvalue weighted by Crippen LogP contribution is -2.30. The summed E-state index contributed by atoms with van der Waals surface area (Å²) in [6.07, 6.45) is 10.4. The SMILES string of the molecule is CCCC1CC[C@@H]2C[C@H](c3ccc(-c4ccc(OC)c(F)c4)c(F)c3)CC[C@@H]2C1. The minimum atomic E-state index is -0.467. The molecule has 2 aromatic rings. The van der Waals surface area contributed by atoms with E-state index in [1.165, 1.54) is 58.1 Å². The first-order valence-electron chi connectivity index (χ1n) is 11.2. The maximum absolute atomic E-state index is 14.9. The van der Waals surface area contributed by atoms with Crippen molar-refractivity contribution < 1.29 is 13.5 Å². The molecule has 3 heteroatoms. The summed E-state index contributed by atoms with van der Waals surface area (Å²) in [5, 5.41) is 0. The van der Waals surface area contributed by atoms with Gasteiger partial charge in [-0.2, -0.15) is 0 Å². The van der Waals surface area contributed by atoms with E-state index in [-0.39, 0.29) is 11.6 Å². The van der Waals surface area contributed by atoms with E-state index in [2.05, 4.69) is 6.92 Å². The molecular weight excluding hydrogens is 366 g/mol. The van der Waals surface area contributed by atoms with Crippen molar-refractivity contribution in [3.63, 3.8) is 0 Å². The Kier molecular flexibility index (Phi) is 6.22. The molecule has 0 aliphatic heterocycles. The van der Waals surface area contributed by atoms with Gasteiger partial charge >= 0.3 is 0 Å². The zero-order chi connectivity index (χ0) is 20.4. The van der Waals surface area contributed by atoms with Gasteiger partial charge in [0, 0.05) is 5.56 Å². The number of hydrogen-bond donors (Lipinski definition) is 0. The summed E-state index contributed by atoms with van der Waals surface area (Å²) in [6, 6.07) is 10.2. The van der Waals surface area contributed by atoms with Crippen LogP contribution in [0.1, 0.15) is 69.8 Å². The predicted octanol–water partition coefficient (Wildman–Crippen LogP) is 7.74. The molecule has 0 radical (unpaired) electrons. The smallest absolute Gasteiger partial charge is 0.165 e. The third-order valence-corrected chi connectivity index (χ3v) is 7.35. The Bertz CT molecular complexity index is 847. The first kappa shape index (κ1) is 20.4. The van der Waals surface area contributed by atoms with Gasteiger partial charge in [-0.1, -0.05) is 44.4 Å². The highest BCUT2D eigenvalue weighted by molar-refractivity contribution is 5.65. The molecule has 2 aliphatic carbocycles. The maximum atomic E-state index is 14.9. The first-order valence-corrected chi connectivity index (χ1v) is 11.2. The zero-order valence-corrected chi connectivity index (χ0v) is 17.6. The highest BCUT2D eigenvalue weighted by atomic mass is 19.1. The van der Waals surface area contributed by atoms with Crippen LogP contribution < -0.4 is 4.74 Å². The summed E-state index contributed by atoms with van der Waals surface area (Å²) in [7, 11) is 1.43. The van der Waals surface area contributed by atoms with Crippen LogP contribution in [-0.2, 0) is 0 Å². The first-order chi connectivity index (χ1) is 14.1. The van der Waals surface area contributed by atoms with Crippen molar-refractivity contribution in [3.05, 3.63) is 53.6 Å². The monoisotopic (exact) mass is 398 g/mol. The van der Waals surface area contributed by atoms with Crippen LogP contribution in [0.2, 0.25) is 0 Å². The molecule has 2 aliphatic rings. The molecule has 2 saturated carbocycles. The lowest BCUT2D eigenvalue weighted by atomic mass is 9.63. The van der Waals surface area contributed by atoms with Gasteiger partial charge in [0.05, 0.1) is 7.11 Å². The summed E-state index contributed by atoms with van der Waals surface area (Å²) in [6.45, 7) is 2.29. The third kappa shape index (κ3) is 4.34. The minimum Gasteiger partial charge on any atom is -0.494 e. The van der Waals surface area contributed by atoms with Crippen molar-refractivity contribution in [1.29, 1.82) is 0 Å². The van der Waals surface area contributed by atoms with E-state index in [4.69, 9.17) is 4.74 Å². The Morgan fingerprint density at radius 3 is 2.41 bits per heavy atom. The highest BCUT2D eigenvalue weighted by Crippen LogP contribution is 2.48. The molecular formula is C26H32F2O. The summed E-state index contributed by atoms with van der Waals surface area (Å²) >= 11 is 0. The molecule has 4 rings (SSSR count). The van der Waals surface area contributed by atoms with E-state index in [1.807, 2.05) is 12.1 Å². The molecule has 1 unspecified atom stereocenters. The molecule has 4 atom stereocenters. The van der Waals surface area contributed by atoms with Crippen LogP contribution in [0.5, 0.6) is 5.75 Å². The molecule has 2 aromatic carbocycles. The Balaban J connectivity index is 1.47. The lowest BCUT2D eigenvalue weighted by Gasteiger charge is -2.42. The second-order valence-electron chi connectivity index (χ2n) is 9.09. The number of methoxy groups -OCH3 is 1. The van der Waals surface area contributed by atoms with Crippen molar-refractivity contribution in [1.82, 2.24) is 0 Å². The molecule has 1 nitrogen and oxygen atoms in total. The number of hydrogen-bond acceptors (Lipinski definition) is 1.